The summed E-state index contributed by atoms with van der Waals surface area (Å²) in [5, 5.41) is 6.03. The van der Waals surface area contributed by atoms with Crippen LogP contribution in [0.1, 0.15) is 60.8 Å². The lowest BCUT2D eigenvalue weighted by Crippen LogP contribution is -2.40. The molecule has 2 unspecified atom stereocenters. The third kappa shape index (κ3) is 8.13. The maximum atomic E-state index is 13.1. The van der Waals surface area contributed by atoms with Crippen LogP contribution in [-0.4, -0.2) is 34.1 Å². The van der Waals surface area contributed by atoms with Crippen molar-refractivity contribution in [2.75, 3.05) is 28.6 Å². The van der Waals surface area contributed by atoms with Gasteiger partial charge in [0.1, 0.15) is 11.6 Å². The monoisotopic (exact) mass is 704 g/mol. The number of pyridine rings is 3. The maximum Gasteiger partial charge on any atom is 0.416 e. The molecular formula is C38H34F6N6O. The van der Waals surface area contributed by atoms with Crippen LogP contribution in [0.5, 0.6) is 0 Å². The van der Waals surface area contributed by atoms with Gasteiger partial charge in [0.05, 0.1) is 22.5 Å². The van der Waals surface area contributed by atoms with Crippen molar-refractivity contribution >= 4 is 23.4 Å². The lowest BCUT2D eigenvalue weighted by Gasteiger charge is -2.32. The highest BCUT2D eigenvalue weighted by atomic mass is 19.4. The molecule has 0 fully saturated rings. The minimum atomic E-state index is -4.44. The molecule has 13 heteroatoms. The van der Waals surface area contributed by atoms with Crippen molar-refractivity contribution in [3.05, 3.63) is 120 Å². The van der Waals surface area contributed by atoms with Crippen molar-refractivity contribution in [3.8, 4) is 22.5 Å². The van der Waals surface area contributed by atoms with Crippen LogP contribution in [0, 0.1) is 0 Å². The third-order valence-corrected chi connectivity index (χ3v) is 8.95. The average molecular weight is 705 g/mol. The number of amides is 2. The average Bonchev–Trinajstić information content (AvgIpc) is 3.12. The number of aromatic nitrogens is 3. The molecule has 0 aliphatic carbocycles. The van der Waals surface area contributed by atoms with Gasteiger partial charge in [0.2, 0.25) is 0 Å². The number of hydrogen-bond donors (Lipinski definition) is 2. The second-order valence-corrected chi connectivity index (χ2v) is 12.5. The fourth-order valence-electron chi connectivity index (χ4n) is 6.07. The molecule has 2 atom stereocenters. The topological polar surface area (TPSA) is 83.0 Å². The Morgan fingerprint density at radius 1 is 0.745 bits per heavy atom. The van der Waals surface area contributed by atoms with E-state index < -0.39 is 23.5 Å². The number of nitrogens with one attached hydrogen (secondary N) is 2. The van der Waals surface area contributed by atoms with Crippen molar-refractivity contribution in [2.45, 2.75) is 50.9 Å². The Morgan fingerprint density at radius 2 is 1.31 bits per heavy atom. The quantitative estimate of drug-likeness (QED) is 0.183. The second-order valence-electron chi connectivity index (χ2n) is 12.5. The lowest BCUT2D eigenvalue weighted by atomic mass is 9.93. The molecule has 0 bridgehead atoms. The van der Waals surface area contributed by atoms with E-state index in [2.05, 4.69) is 32.5 Å². The molecule has 7 rings (SSSR count). The van der Waals surface area contributed by atoms with Gasteiger partial charge >= 0.3 is 18.4 Å². The summed E-state index contributed by atoms with van der Waals surface area (Å²) in [4.78, 5) is 27.4. The minimum Gasteiger partial charge on any atom is -0.370 e. The minimum absolute atomic E-state index is 0.188. The summed E-state index contributed by atoms with van der Waals surface area (Å²) < 4.78 is 77.6. The molecule has 2 N–H and O–H groups in total. The summed E-state index contributed by atoms with van der Waals surface area (Å²) in [7, 11) is 0. The van der Waals surface area contributed by atoms with Crippen LogP contribution in [0.25, 0.3) is 22.5 Å². The van der Waals surface area contributed by atoms with Crippen LogP contribution >= 0.6 is 0 Å². The van der Waals surface area contributed by atoms with E-state index in [4.69, 9.17) is 0 Å². The molecule has 264 valence electrons. The highest BCUT2D eigenvalue weighted by Gasteiger charge is 2.32. The van der Waals surface area contributed by atoms with Crippen LogP contribution in [-0.2, 0) is 12.4 Å². The van der Waals surface area contributed by atoms with Gasteiger partial charge in [-0.2, -0.15) is 26.3 Å². The fraction of sp³-hybridized carbons (Fsp3) is 0.263. The number of fused-ring (bicyclic) bond motifs is 2. The zero-order chi connectivity index (χ0) is 36.3. The molecule has 2 amide bonds. The molecule has 3 aromatic heterocycles. The van der Waals surface area contributed by atoms with Crippen LogP contribution in [0.15, 0.2) is 97.3 Å². The number of carbonyl (C=O) groups is 1. The van der Waals surface area contributed by atoms with Crippen molar-refractivity contribution in [1.29, 1.82) is 0 Å². The van der Waals surface area contributed by atoms with Gasteiger partial charge in [-0.1, -0.05) is 50.2 Å². The van der Waals surface area contributed by atoms with Crippen LogP contribution in [0.2, 0.25) is 0 Å². The van der Waals surface area contributed by atoms with E-state index in [1.54, 1.807) is 48.8 Å². The van der Waals surface area contributed by atoms with Crippen molar-refractivity contribution in [1.82, 2.24) is 15.0 Å². The van der Waals surface area contributed by atoms with Gasteiger partial charge < -0.3 is 10.6 Å². The van der Waals surface area contributed by atoms with Crippen LogP contribution in [0.3, 0.4) is 0 Å². The summed E-state index contributed by atoms with van der Waals surface area (Å²) in [6.45, 7) is 5.48. The molecule has 0 saturated heterocycles. The fourth-order valence-corrected chi connectivity index (χ4v) is 6.07. The second kappa shape index (κ2) is 14.4. The van der Waals surface area contributed by atoms with Gasteiger partial charge in [0, 0.05) is 42.3 Å². The third-order valence-electron chi connectivity index (χ3n) is 8.95. The lowest BCUT2D eigenvalue weighted by molar-refractivity contribution is -0.138. The normalized spacial score (nSPS) is 16.9. The molecule has 2 aromatic carbocycles. The number of hydrogen-bond acceptors (Lipinski definition) is 5. The Bertz CT molecular complexity index is 2020. The Balaban J connectivity index is 0.000000187. The maximum absolute atomic E-state index is 13.1. The molecule has 0 saturated carbocycles. The van der Waals surface area contributed by atoms with Gasteiger partial charge in [0.15, 0.2) is 0 Å². The van der Waals surface area contributed by atoms with Crippen molar-refractivity contribution in [2.24, 2.45) is 0 Å². The summed E-state index contributed by atoms with van der Waals surface area (Å²) in [6.07, 6.45) is -3.82. The van der Waals surface area contributed by atoms with Gasteiger partial charge in [-0.3, -0.25) is 9.88 Å². The standard InChI is InChI=1S/C22H19F3N4O.C16H15F3N2/c1-14-9-12-29(21(30)27-17-7-10-26-11-8-17)20-18(14)5-6-19(28-20)15-3-2-4-16(13-15)22(23,24)25;1-10-7-8-20-15-13(10)5-6-14(21-15)11-3-2-4-12(9-11)16(17,18)19/h2-8,10-11,13-14H,9,12H2,1H3,(H,26,27,30);2-6,9-10H,7-8H2,1H3,(H,20,21). The van der Waals surface area contributed by atoms with Crippen LogP contribution in [0.4, 0.5) is 48.5 Å². The largest absolute Gasteiger partial charge is 0.416 e. The van der Waals surface area contributed by atoms with E-state index in [0.717, 1.165) is 60.6 Å². The molecule has 51 heavy (non-hydrogen) atoms. The van der Waals surface area contributed by atoms with Gasteiger partial charge in [-0.15, -0.1) is 0 Å². The van der Waals surface area contributed by atoms with Gasteiger partial charge in [-0.25, -0.2) is 14.8 Å². The number of alkyl halides is 6. The molecule has 2 aliphatic rings. The van der Waals surface area contributed by atoms with Crippen molar-refractivity contribution in [3.63, 3.8) is 0 Å². The van der Waals surface area contributed by atoms with E-state index in [-0.39, 0.29) is 11.9 Å². The Hall–Kier alpha value is -5.46. The van der Waals surface area contributed by atoms with Crippen LogP contribution < -0.4 is 15.5 Å². The smallest absolute Gasteiger partial charge is 0.370 e. The first kappa shape index (κ1) is 35.4. The van der Waals surface area contributed by atoms with E-state index in [9.17, 15) is 31.1 Å². The predicted octanol–water partition coefficient (Wildman–Crippen LogP) is 10.4. The first-order chi connectivity index (χ1) is 24.3. The summed E-state index contributed by atoms with van der Waals surface area (Å²) >= 11 is 0. The number of urea groups is 1. The SMILES string of the molecule is CC1CCN(C(=O)Nc2ccncc2)c2nc(-c3cccc(C(F)(F)F)c3)ccc21.CC1CCNc2nc(-c3cccc(C(F)(F)F)c3)ccc21. The highest BCUT2D eigenvalue weighted by molar-refractivity contribution is 6.02. The number of anilines is 3. The Kier molecular flexibility index (Phi) is 10.00. The first-order valence-corrected chi connectivity index (χ1v) is 16.4. The predicted molar refractivity (Wildman–Crippen MR) is 185 cm³/mol. The van der Waals surface area contributed by atoms with Gasteiger partial charge in [-0.05, 0) is 84.3 Å². The molecule has 0 spiro atoms. The van der Waals surface area contributed by atoms with E-state index in [0.29, 0.717) is 46.5 Å². The number of benzene rings is 2. The highest BCUT2D eigenvalue weighted by Crippen LogP contribution is 2.38. The van der Waals surface area contributed by atoms with E-state index in [1.165, 1.54) is 17.0 Å². The summed E-state index contributed by atoms with van der Waals surface area (Å²) in [5.41, 5.74) is 2.99. The number of nitrogens with zero attached hydrogens (tertiary/aromatic N) is 4. The molecule has 7 nitrogen and oxygen atoms in total. The van der Waals surface area contributed by atoms with E-state index in [1.807, 2.05) is 19.1 Å². The molecule has 5 aromatic rings. The number of carbonyl (C=O) groups excluding carboxylic acids is 1. The number of rotatable bonds is 3. The summed E-state index contributed by atoms with van der Waals surface area (Å²) in [5.74, 6) is 1.86. The first-order valence-electron chi connectivity index (χ1n) is 16.4. The zero-order valence-corrected chi connectivity index (χ0v) is 27.7. The summed E-state index contributed by atoms with van der Waals surface area (Å²) in [6, 6.07) is 20.6. The molecule has 5 heterocycles. The Labute approximate surface area is 290 Å². The molecule has 2 aliphatic heterocycles. The van der Waals surface area contributed by atoms with Crippen molar-refractivity contribution < 1.29 is 31.1 Å². The van der Waals surface area contributed by atoms with E-state index >= 15 is 0 Å². The van der Waals surface area contributed by atoms with Gasteiger partial charge in [0.25, 0.3) is 0 Å². The Morgan fingerprint density at radius 3 is 1.92 bits per heavy atom. The molecule has 0 radical (unpaired) electrons. The zero-order valence-electron chi connectivity index (χ0n) is 27.7. The number of halogens is 6. The molecular weight excluding hydrogens is 670 g/mol.